The Kier molecular flexibility index (Phi) is 3.93. The summed E-state index contributed by atoms with van der Waals surface area (Å²) in [5.74, 6) is 0.0312. The number of H-pyrrole nitrogens is 1. The van der Waals surface area contributed by atoms with Crippen molar-refractivity contribution >= 4 is 22.5 Å². The number of carbonyl (C=O) groups excluding carboxylic acids is 1. The molecule has 1 N–H and O–H groups in total. The molecule has 1 aliphatic heterocycles. The first-order valence-corrected chi connectivity index (χ1v) is 9.40. The number of amides is 1. The van der Waals surface area contributed by atoms with Gasteiger partial charge in [-0.05, 0) is 30.2 Å². The van der Waals surface area contributed by atoms with Crippen LogP contribution in [0, 0.1) is 0 Å². The molecule has 0 atom stereocenters. The van der Waals surface area contributed by atoms with E-state index in [4.69, 9.17) is 0 Å². The lowest BCUT2D eigenvalue weighted by Gasteiger charge is -2.27. The number of rotatable bonds is 3. The maximum absolute atomic E-state index is 12.7. The summed E-state index contributed by atoms with van der Waals surface area (Å²) in [6, 6.07) is 13.5. The summed E-state index contributed by atoms with van der Waals surface area (Å²) in [5.41, 5.74) is 4.13. The molecule has 3 aromatic heterocycles. The molecule has 28 heavy (non-hydrogen) atoms. The van der Waals surface area contributed by atoms with Gasteiger partial charge in [0.15, 0.2) is 5.65 Å². The van der Waals surface area contributed by atoms with Crippen LogP contribution in [0.1, 0.15) is 23.4 Å². The van der Waals surface area contributed by atoms with Crippen LogP contribution in [0.15, 0.2) is 53.5 Å². The van der Waals surface area contributed by atoms with Crippen LogP contribution in [-0.2, 0) is 24.2 Å². The fraction of sp³-hybridized carbons (Fsp3) is 0.238. The number of aromatic nitrogens is 4. The van der Waals surface area contributed by atoms with Crippen LogP contribution in [0.5, 0.6) is 0 Å². The van der Waals surface area contributed by atoms with E-state index in [1.165, 1.54) is 15.4 Å². The number of hydrogen-bond acceptors (Lipinski definition) is 4. The minimum absolute atomic E-state index is 0.0312. The summed E-state index contributed by atoms with van der Waals surface area (Å²) in [7, 11) is 0. The standard InChI is InChI=1S/C21H19N5O2/c27-20(9-8-17-21(28)26-11-4-3-7-19(26)24-23-17)25-12-10-15-14-5-1-2-6-16(14)22-18(15)13-25/h1-7,11,22H,8-10,12-13H2. The summed E-state index contributed by atoms with van der Waals surface area (Å²) in [5, 5.41) is 9.34. The van der Waals surface area contributed by atoms with E-state index in [0.29, 0.717) is 30.9 Å². The zero-order chi connectivity index (χ0) is 19.1. The highest BCUT2D eigenvalue weighted by Crippen LogP contribution is 2.27. The lowest BCUT2D eigenvalue weighted by molar-refractivity contribution is -0.132. The molecule has 1 aliphatic rings. The Morgan fingerprint density at radius 1 is 1.11 bits per heavy atom. The van der Waals surface area contributed by atoms with Gasteiger partial charge in [0, 0.05) is 42.2 Å². The average molecular weight is 373 g/mol. The predicted molar refractivity (Wildman–Crippen MR) is 105 cm³/mol. The Morgan fingerprint density at radius 2 is 1.96 bits per heavy atom. The molecule has 0 unspecified atom stereocenters. The molecule has 1 aromatic carbocycles. The first-order valence-electron chi connectivity index (χ1n) is 9.40. The quantitative estimate of drug-likeness (QED) is 0.596. The maximum atomic E-state index is 12.7. The minimum atomic E-state index is -0.213. The van der Waals surface area contributed by atoms with Gasteiger partial charge in [-0.15, -0.1) is 10.2 Å². The number of benzene rings is 1. The van der Waals surface area contributed by atoms with Gasteiger partial charge >= 0.3 is 0 Å². The van der Waals surface area contributed by atoms with Gasteiger partial charge < -0.3 is 9.88 Å². The molecule has 0 spiro atoms. The molecule has 0 saturated carbocycles. The number of aryl methyl sites for hydroxylation is 1. The van der Waals surface area contributed by atoms with Crippen LogP contribution in [0.4, 0.5) is 0 Å². The molecule has 0 radical (unpaired) electrons. The highest BCUT2D eigenvalue weighted by Gasteiger charge is 2.24. The zero-order valence-electron chi connectivity index (χ0n) is 15.3. The van der Waals surface area contributed by atoms with Gasteiger partial charge in [0.1, 0.15) is 5.69 Å². The first-order chi connectivity index (χ1) is 13.7. The van der Waals surface area contributed by atoms with E-state index in [2.05, 4.69) is 27.3 Å². The number of hydrogen-bond donors (Lipinski definition) is 1. The van der Waals surface area contributed by atoms with E-state index in [9.17, 15) is 9.59 Å². The number of para-hydroxylation sites is 1. The fourth-order valence-corrected chi connectivity index (χ4v) is 3.93. The average Bonchev–Trinajstić information content (AvgIpc) is 3.11. The van der Waals surface area contributed by atoms with E-state index >= 15 is 0 Å². The first kappa shape index (κ1) is 16.7. The van der Waals surface area contributed by atoms with Crippen molar-refractivity contribution in [2.75, 3.05) is 6.54 Å². The molecular weight excluding hydrogens is 354 g/mol. The van der Waals surface area contributed by atoms with Crippen molar-refractivity contribution in [1.29, 1.82) is 0 Å². The van der Waals surface area contributed by atoms with Crippen molar-refractivity contribution in [2.45, 2.75) is 25.8 Å². The smallest absolute Gasteiger partial charge is 0.279 e. The second-order valence-corrected chi connectivity index (χ2v) is 7.07. The highest BCUT2D eigenvalue weighted by atomic mass is 16.2. The van der Waals surface area contributed by atoms with Gasteiger partial charge in [-0.25, -0.2) is 0 Å². The van der Waals surface area contributed by atoms with Crippen LogP contribution >= 0.6 is 0 Å². The number of pyridine rings is 1. The van der Waals surface area contributed by atoms with Crippen molar-refractivity contribution in [1.82, 2.24) is 24.5 Å². The third-order valence-corrected chi connectivity index (χ3v) is 5.39. The van der Waals surface area contributed by atoms with Crippen molar-refractivity contribution in [2.24, 2.45) is 0 Å². The summed E-state index contributed by atoms with van der Waals surface area (Å²) in [6.45, 7) is 1.27. The summed E-state index contributed by atoms with van der Waals surface area (Å²) < 4.78 is 1.46. The molecule has 4 aromatic rings. The highest BCUT2D eigenvalue weighted by molar-refractivity contribution is 5.85. The molecule has 5 rings (SSSR count). The van der Waals surface area contributed by atoms with Crippen molar-refractivity contribution in [3.8, 4) is 0 Å². The van der Waals surface area contributed by atoms with E-state index in [-0.39, 0.29) is 17.9 Å². The molecule has 0 bridgehead atoms. The van der Waals surface area contributed by atoms with Gasteiger partial charge in [-0.1, -0.05) is 24.3 Å². The number of nitrogens with one attached hydrogen (secondary N) is 1. The van der Waals surface area contributed by atoms with Gasteiger partial charge in [-0.3, -0.25) is 14.0 Å². The molecule has 0 fully saturated rings. The third kappa shape index (κ3) is 2.76. The molecular formula is C21H19N5O2. The van der Waals surface area contributed by atoms with Crippen LogP contribution in [-0.4, -0.2) is 36.9 Å². The van der Waals surface area contributed by atoms with Crippen LogP contribution in [0.2, 0.25) is 0 Å². The predicted octanol–water partition coefficient (Wildman–Crippen LogP) is 2.09. The van der Waals surface area contributed by atoms with Gasteiger partial charge in [0.25, 0.3) is 5.56 Å². The van der Waals surface area contributed by atoms with E-state index < -0.39 is 0 Å². The molecule has 1 amide bonds. The van der Waals surface area contributed by atoms with Crippen LogP contribution in [0.25, 0.3) is 16.6 Å². The second kappa shape index (κ2) is 6.60. The Morgan fingerprint density at radius 3 is 2.89 bits per heavy atom. The molecule has 4 heterocycles. The lowest BCUT2D eigenvalue weighted by atomic mass is 10.0. The molecule has 7 heteroatoms. The summed E-state index contributed by atoms with van der Waals surface area (Å²) >= 11 is 0. The largest absolute Gasteiger partial charge is 0.357 e. The minimum Gasteiger partial charge on any atom is -0.357 e. The van der Waals surface area contributed by atoms with Gasteiger partial charge in [0.05, 0.1) is 6.54 Å². The molecule has 0 aliphatic carbocycles. The number of aromatic amines is 1. The number of nitrogens with zero attached hydrogens (tertiary/aromatic N) is 4. The maximum Gasteiger partial charge on any atom is 0.279 e. The Labute approximate surface area is 160 Å². The molecule has 7 nitrogen and oxygen atoms in total. The zero-order valence-corrected chi connectivity index (χ0v) is 15.3. The Bertz CT molecular complexity index is 1260. The van der Waals surface area contributed by atoms with Crippen LogP contribution < -0.4 is 5.56 Å². The molecule has 140 valence electrons. The van der Waals surface area contributed by atoms with Crippen molar-refractivity contribution in [3.05, 3.63) is 76.0 Å². The van der Waals surface area contributed by atoms with Gasteiger partial charge in [0.2, 0.25) is 5.91 Å². The number of carbonyl (C=O) groups is 1. The van der Waals surface area contributed by atoms with Gasteiger partial charge in [-0.2, -0.15) is 0 Å². The van der Waals surface area contributed by atoms with E-state index in [1.807, 2.05) is 17.0 Å². The third-order valence-electron chi connectivity index (χ3n) is 5.39. The lowest BCUT2D eigenvalue weighted by Crippen LogP contribution is -2.36. The Hall–Kier alpha value is -3.48. The summed E-state index contributed by atoms with van der Waals surface area (Å²) in [6.07, 6.45) is 3.04. The summed E-state index contributed by atoms with van der Waals surface area (Å²) in [4.78, 5) is 30.5. The van der Waals surface area contributed by atoms with Crippen LogP contribution in [0.3, 0.4) is 0 Å². The fourth-order valence-electron chi connectivity index (χ4n) is 3.93. The molecule has 0 saturated heterocycles. The van der Waals surface area contributed by atoms with Crippen molar-refractivity contribution < 1.29 is 4.79 Å². The monoisotopic (exact) mass is 373 g/mol. The number of fused-ring (bicyclic) bond motifs is 4. The second-order valence-electron chi connectivity index (χ2n) is 7.07. The van der Waals surface area contributed by atoms with Crippen molar-refractivity contribution in [3.63, 3.8) is 0 Å². The topological polar surface area (TPSA) is 83.4 Å². The normalized spacial score (nSPS) is 13.8. The van der Waals surface area contributed by atoms with E-state index in [0.717, 1.165) is 17.6 Å². The Balaban J connectivity index is 1.31. The van der Waals surface area contributed by atoms with E-state index in [1.54, 1.807) is 24.4 Å². The SMILES string of the molecule is O=C(CCc1nnc2ccccn2c1=O)N1CCc2c([nH]c3ccccc23)C1.